The molecule has 1 heterocycles. The molecule has 80 valence electrons. The summed E-state index contributed by atoms with van der Waals surface area (Å²) in [7, 11) is 0. The Hall–Kier alpha value is -1.92. The summed E-state index contributed by atoms with van der Waals surface area (Å²) in [6, 6.07) is 0. The Labute approximate surface area is 84.5 Å². The van der Waals surface area contributed by atoms with E-state index in [0.29, 0.717) is 12.5 Å². The Morgan fingerprint density at radius 1 is 1.73 bits per heavy atom. The van der Waals surface area contributed by atoms with Gasteiger partial charge >= 0.3 is 11.7 Å². The van der Waals surface area contributed by atoms with Gasteiger partial charge in [-0.3, -0.25) is 14.8 Å². The highest BCUT2D eigenvalue weighted by molar-refractivity contribution is 5.89. The van der Waals surface area contributed by atoms with Gasteiger partial charge in [0.25, 0.3) is 0 Å². The first-order valence-corrected chi connectivity index (χ1v) is 4.53. The second-order valence-electron chi connectivity index (χ2n) is 3.59. The molecule has 0 spiro atoms. The predicted octanol–water partition coefficient (Wildman–Crippen LogP) is 0.899. The van der Waals surface area contributed by atoms with Crippen molar-refractivity contribution in [3.8, 4) is 0 Å². The summed E-state index contributed by atoms with van der Waals surface area (Å²) in [6.45, 7) is 0.564. The molecule has 1 saturated carbocycles. The van der Waals surface area contributed by atoms with Crippen molar-refractivity contribution < 1.29 is 14.8 Å². The molecule has 1 aliphatic rings. The Kier molecular flexibility index (Phi) is 2.14. The number of carboxylic acid groups (broad SMARTS) is 1. The van der Waals surface area contributed by atoms with E-state index in [0.717, 1.165) is 12.8 Å². The molecule has 0 bridgehead atoms. The minimum atomic E-state index is -1.36. The fourth-order valence-electron chi connectivity index (χ4n) is 1.36. The van der Waals surface area contributed by atoms with Gasteiger partial charge in [-0.1, -0.05) is 0 Å². The van der Waals surface area contributed by atoms with E-state index < -0.39 is 22.3 Å². The van der Waals surface area contributed by atoms with Gasteiger partial charge in [0.2, 0.25) is 5.69 Å². The summed E-state index contributed by atoms with van der Waals surface area (Å²) >= 11 is 0. The monoisotopic (exact) mass is 211 g/mol. The van der Waals surface area contributed by atoms with Crippen molar-refractivity contribution in [1.29, 1.82) is 0 Å². The highest BCUT2D eigenvalue weighted by Gasteiger charge is 2.28. The van der Waals surface area contributed by atoms with Gasteiger partial charge in [0.05, 0.1) is 4.92 Å². The highest BCUT2D eigenvalue weighted by atomic mass is 16.6. The van der Waals surface area contributed by atoms with Gasteiger partial charge in [0, 0.05) is 6.54 Å². The van der Waals surface area contributed by atoms with E-state index >= 15 is 0 Å². The molecule has 2 rings (SSSR count). The van der Waals surface area contributed by atoms with Gasteiger partial charge < -0.3 is 5.11 Å². The highest BCUT2D eigenvalue weighted by Crippen LogP contribution is 2.31. The number of carbonyl (C=O) groups is 1. The fourth-order valence-corrected chi connectivity index (χ4v) is 1.36. The second kappa shape index (κ2) is 3.34. The van der Waals surface area contributed by atoms with Crippen molar-refractivity contribution in [2.24, 2.45) is 5.92 Å². The predicted molar refractivity (Wildman–Crippen MR) is 48.6 cm³/mol. The average Bonchev–Trinajstić information content (AvgIpc) is 2.81. The topological polar surface area (TPSA) is 98.3 Å². The molecule has 1 N–H and O–H groups in total. The SMILES string of the molecule is O=C(O)c1nn(CC2CC2)cc1[N+](=O)[O-]. The van der Waals surface area contributed by atoms with Crippen LogP contribution in [-0.2, 0) is 6.54 Å². The van der Waals surface area contributed by atoms with Crippen LogP contribution in [0.25, 0.3) is 0 Å². The number of hydrogen-bond acceptors (Lipinski definition) is 4. The van der Waals surface area contributed by atoms with E-state index in [1.807, 2.05) is 0 Å². The van der Waals surface area contributed by atoms with Crippen molar-refractivity contribution >= 4 is 11.7 Å². The molecule has 0 amide bonds. The molecule has 15 heavy (non-hydrogen) atoms. The van der Waals surface area contributed by atoms with Gasteiger partial charge in [-0.25, -0.2) is 4.79 Å². The lowest BCUT2D eigenvalue weighted by Crippen LogP contribution is -2.04. The third-order valence-corrected chi connectivity index (χ3v) is 2.28. The molecule has 0 saturated heterocycles. The minimum absolute atomic E-state index is 0.442. The van der Waals surface area contributed by atoms with Gasteiger partial charge in [0.15, 0.2) is 0 Å². The molecule has 0 aromatic carbocycles. The summed E-state index contributed by atoms with van der Waals surface area (Å²) in [4.78, 5) is 20.5. The average molecular weight is 211 g/mol. The van der Waals surface area contributed by atoms with E-state index in [1.165, 1.54) is 10.9 Å². The first-order valence-electron chi connectivity index (χ1n) is 4.53. The number of nitro groups is 1. The van der Waals surface area contributed by atoms with Crippen LogP contribution in [0.5, 0.6) is 0 Å². The molecule has 1 aromatic rings. The van der Waals surface area contributed by atoms with Gasteiger partial charge in [-0.15, -0.1) is 0 Å². The normalized spacial score (nSPS) is 15.2. The van der Waals surface area contributed by atoms with Gasteiger partial charge in [0.1, 0.15) is 6.20 Å². The zero-order valence-corrected chi connectivity index (χ0v) is 7.79. The van der Waals surface area contributed by atoms with Crippen LogP contribution in [0.2, 0.25) is 0 Å². The van der Waals surface area contributed by atoms with Crippen molar-refractivity contribution in [2.45, 2.75) is 19.4 Å². The lowest BCUT2D eigenvalue weighted by Gasteiger charge is -1.94. The van der Waals surface area contributed by atoms with Gasteiger partial charge in [-0.05, 0) is 18.8 Å². The van der Waals surface area contributed by atoms with Crippen LogP contribution in [0.15, 0.2) is 6.20 Å². The van der Waals surface area contributed by atoms with Crippen LogP contribution in [0.3, 0.4) is 0 Å². The largest absolute Gasteiger partial charge is 0.476 e. The molecule has 7 heteroatoms. The summed E-state index contributed by atoms with van der Waals surface area (Å²) in [5, 5.41) is 22.9. The number of aromatic nitrogens is 2. The molecular weight excluding hydrogens is 202 g/mol. The molecule has 7 nitrogen and oxygen atoms in total. The zero-order chi connectivity index (χ0) is 11.0. The first kappa shape index (κ1) is 9.63. The summed E-state index contributed by atoms with van der Waals surface area (Å²) in [5.41, 5.74) is -0.927. The first-order chi connectivity index (χ1) is 7.08. The van der Waals surface area contributed by atoms with Crippen molar-refractivity contribution in [1.82, 2.24) is 9.78 Å². The summed E-state index contributed by atoms with van der Waals surface area (Å²) < 4.78 is 1.35. The molecule has 1 fully saturated rings. The second-order valence-corrected chi connectivity index (χ2v) is 3.59. The van der Waals surface area contributed by atoms with E-state index in [9.17, 15) is 14.9 Å². The van der Waals surface area contributed by atoms with E-state index in [-0.39, 0.29) is 0 Å². The molecule has 0 aliphatic heterocycles. The van der Waals surface area contributed by atoms with Crippen LogP contribution >= 0.6 is 0 Å². The maximum atomic E-state index is 10.7. The Morgan fingerprint density at radius 2 is 2.40 bits per heavy atom. The number of nitrogens with zero attached hydrogens (tertiary/aromatic N) is 3. The quantitative estimate of drug-likeness (QED) is 0.589. The lowest BCUT2D eigenvalue weighted by atomic mass is 10.4. The van der Waals surface area contributed by atoms with Gasteiger partial charge in [-0.2, -0.15) is 5.10 Å². The van der Waals surface area contributed by atoms with Crippen LogP contribution in [0, 0.1) is 16.0 Å². The van der Waals surface area contributed by atoms with Crippen LogP contribution in [0.1, 0.15) is 23.3 Å². The summed E-state index contributed by atoms with van der Waals surface area (Å²) in [5.74, 6) is -0.873. The molecule has 1 aromatic heterocycles. The van der Waals surface area contributed by atoms with E-state index in [4.69, 9.17) is 5.11 Å². The number of hydrogen-bond donors (Lipinski definition) is 1. The van der Waals surface area contributed by atoms with Crippen LogP contribution in [0.4, 0.5) is 5.69 Å². The molecule has 0 unspecified atom stereocenters. The molecule has 0 radical (unpaired) electrons. The zero-order valence-electron chi connectivity index (χ0n) is 7.79. The molecule has 0 atom stereocenters. The molecular formula is C8H9N3O4. The van der Waals surface area contributed by atoms with Crippen LogP contribution in [-0.4, -0.2) is 25.8 Å². The maximum absolute atomic E-state index is 10.7. The Bertz CT molecular complexity index is 390. The fraction of sp³-hybridized carbons (Fsp3) is 0.500. The number of carboxylic acids is 1. The van der Waals surface area contributed by atoms with Crippen molar-refractivity contribution in [3.63, 3.8) is 0 Å². The third kappa shape index (κ3) is 1.95. The summed E-state index contributed by atoms with van der Waals surface area (Å²) in [6.07, 6.45) is 3.34. The Balaban J connectivity index is 2.29. The maximum Gasteiger partial charge on any atom is 0.363 e. The third-order valence-electron chi connectivity index (χ3n) is 2.28. The Morgan fingerprint density at radius 3 is 2.80 bits per heavy atom. The number of aromatic carboxylic acids is 1. The lowest BCUT2D eigenvalue weighted by molar-refractivity contribution is -0.385. The van der Waals surface area contributed by atoms with Crippen LogP contribution < -0.4 is 0 Å². The minimum Gasteiger partial charge on any atom is -0.476 e. The smallest absolute Gasteiger partial charge is 0.363 e. The van der Waals surface area contributed by atoms with E-state index in [2.05, 4.69) is 5.10 Å². The number of rotatable bonds is 4. The van der Waals surface area contributed by atoms with E-state index in [1.54, 1.807) is 0 Å². The van der Waals surface area contributed by atoms with Crippen molar-refractivity contribution in [2.75, 3.05) is 0 Å². The molecule has 1 aliphatic carbocycles. The standard InChI is InChI=1S/C8H9N3O4/c12-8(13)7-6(11(14)15)4-10(9-7)3-5-1-2-5/h4-5H,1-3H2,(H,12,13). The van der Waals surface area contributed by atoms with Crippen molar-refractivity contribution in [3.05, 3.63) is 22.0 Å².